The van der Waals surface area contributed by atoms with Crippen molar-refractivity contribution in [3.63, 3.8) is 0 Å². The SMILES string of the molecule is CCNC(=NCC(c1ccc(F)cc1)N(C)C)N1CCC(OCCCOC)CC1. The van der Waals surface area contributed by atoms with Crippen molar-refractivity contribution in [3.8, 4) is 0 Å². The number of halogens is 1. The molecule has 0 amide bonds. The Balaban J connectivity index is 1.94. The number of hydrogen-bond donors (Lipinski definition) is 1. The van der Waals surface area contributed by atoms with Crippen LogP contribution >= 0.6 is 0 Å². The van der Waals surface area contributed by atoms with Gasteiger partial charge in [-0.05, 0) is 58.0 Å². The molecule has 1 unspecified atom stereocenters. The molecule has 1 heterocycles. The predicted molar refractivity (Wildman–Crippen MR) is 116 cm³/mol. The summed E-state index contributed by atoms with van der Waals surface area (Å²) in [5, 5.41) is 3.42. The highest BCUT2D eigenvalue weighted by Crippen LogP contribution is 2.20. The van der Waals surface area contributed by atoms with Gasteiger partial charge in [-0.15, -0.1) is 0 Å². The zero-order chi connectivity index (χ0) is 21.1. The summed E-state index contributed by atoms with van der Waals surface area (Å²) < 4.78 is 24.3. The minimum absolute atomic E-state index is 0.103. The Morgan fingerprint density at radius 1 is 1.24 bits per heavy atom. The number of nitrogens with one attached hydrogen (secondary N) is 1. The second kappa shape index (κ2) is 12.8. The minimum atomic E-state index is -0.213. The van der Waals surface area contributed by atoms with Gasteiger partial charge in [0, 0.05) is 40.0 Å². The zero-order valence-corrected chi connectivity index (χ0v) is 18.4. The van der Waals surface area contributed by atoms with Crippen molar-refractivity contribution < 1.29 is 13.9 Å². The van der Waals surface area contributed by atoms with E-state index in [0.29, 0.717) is 12.6 Å². The first kappa shape index (κ1) is 23.6. The molecule has 0 aliphatic carbocycles. The fraction of sp³-hybridized carbons (Fsp3) is 0.682. The molecule has 0 radical (unpaired) electrons. The van der Waals surface area contributed by atoms with Crippen LogP contribution < -0.4 is 5.32 Å². The second-order valence-electron chi connectivity index (χ2n) is 7.63. The number of likely N-dealkylation sites (tertiary alicyclic amines) is 1. The van der Waals surface area contributed by atoms with Crippen LogP contribution in [0.2, 0.25) is 0 Å². The molecule has 7 heteroatoms. The Hall–Kier alpha value is -1.70. The molecule has 0 bridgehead atoms. The smallest absolute Gasteiger partial charge is 0.193 e. The minimum Gasteiger partial charge on any atom is -0.385 e. The molecule has 0 spiro atoms. The largest absolute Gasteiger partial charge is 0.385 e. The van der Waals surface area contributed by atoms with Crippen LogP contribution in [0.15, 0.2) is 29.3 Å². The number of methoxy groups -OCH3 is 1. The number of aliphatic imine (C=N–C) groups is 1. The van der Waals surface area contributed by atoms with Crippen molar-refractivity contribution >= 4 is 5.96 Å². The van der Waals surface area contributed by atoms with Crippen molar-refractivity contribution in [1.82, 2.24) is 15.1 Å². The number of nitrogens with zero attached hydrogens (tertiary/aromatic N) is 3. The predicted octanol–water partition coefficient (Wildman–Crippen LogP) is 2.91. The molecule has 1 fully saturated rings. The van der Waals surface area contributed by atoms with Crippen LogP contribution in [0, 0.1) is 5.82 Å². The van der Waals surface area contributed by atoms with Gasteiger partial charge in [0.1, 0.15) is 5.82 Å². The van der Waals surface area contributed by atoms with E-state index in [4.69, 9.17) is 14.5 Å². The fourth-order valence-electron chi connectivity index (χ4n) is 3.54. The number of likely N-dealkylation sites (N-methyl/N-ethyl adjacent to an activating group) is 1. The van der Waals surface area contributed by atoms with Gasteiger partial charge in [-0.1, -0.05) is 12.1 Å². The molecule has 0 saturated carbocycles. The highest BCUT2D eigenvalue weighted by molar-refractivity contribution is 5.80. The quantitative estimate of drug-likeness (QED) is 0.367. The Labute approximate surface area is 175 Å². The molecule has 1 saturated heterocycles. The van der Waals surface area contributed by atoms with E-state index in [1.54, 1.807) is 7.11 Å². The lowest BCUT2D eigenvalue weighted by atomic mass is 10.1. The molecule has 164 valence electrons. The zero-order valence-electron chi connectivity index (χ0n) is 18.4. The lowest BCUT2D eigenvalue weighted by Gasteiger charge is -2.34. The van der Waals surface area contributed by atoms with Crippen LogP contribution in [-0.4, -0.2) is 82.5 Å². The molecular formula is C22H37FN4O2. The molecule has 1 atom stereocenters. The topological polar surface area (TPSA) is 49.3 Å². The number of guanidine groups is 1. The Morgan fingerprint density at radius 2 is 1.93 bits per heavy atom. The molecule has 1 aliphatic heterocycles. The third kappa shape index (κ3) is 7.91. The maximum atomic E-state index is 13.3. The first-order valence-corrected chi connectivity index (χ1v) is 10.6. The van der Waals surface area contributed by atoms with Crippen molar-refractivity contribution in [3.05, 3.63) is 35.6 Å². The average molecular weight is 409 g/mol. The average Bonchev–Trinajstić information content (AvgIpc) is 2.72. The lowest BCUT2D eigenvalue weighted by molar-refractivity contribution is 0.00989. The van der Waals surface area contributed by atoms with Crippen molar-refractivity contribution in [2.45, 2.75) is 38.3 Å². The van der Waals surface area contributed by atoms with Gasteiger partial charge in [0.2, 0.25) is 0 Å². The summed E-state index contributed by atoms with van der Waals surface area (Å²) >= 11 is 0. The molecule has 29 heavy (non-hydrogen) atoms. The first-order chi connectivity index (χ1) is 14.0. The number of benzene rings is 1. The summed E-state index contributed by atoms with van der Waals surface area (Å²) in [4.78, 5) is 9.35. The summed E-state index contributed by atoms with van der Waals surface area (Å²) in [5.74, 6) is 0.731. The molecule has 0 aromatic heterocycles. The van der Waals surface area contributed by atoms with E-state index in [1.165, 1.54) is 12.1 Å². The highest BCUT2D eigenvalue weighted by Gasteiger charge is 2.22. The molecule has 6 nitrogen and oxygen atoms in total. The third-order valence-corrected chi connectivity index (χ3v) is 5.21. The first-order valence-electron chi connectivity index (χ1n) is 10.6. The molecule has 1 N–H and O–H groups in total. The summed E-state index contributed by atoms with van der Waals surface area (Å²) in [7, 11) is 5.78. The van der Waals surface area contributed by atoms with Crippen LogP contribution in [-0.2, 0) is 9.47 Å². The van der Waals surface area contributed by atoms with E-state index in [1.807, 2.05) is 26.2 Å². The summed E-state index contributed by atoms with van der Waals surface area (Å²) in [6.07, 6.45) is 3.27. The Kier molecular flexibility index (Phi) is 10.4. The van der Waals surface area contributed by atoms with Crippen LogP contribution in [0.3, 0.4) is 0 Å². The maximum Gasteiger partial charge on any atom is 0.193 e. The molecule has 1 aromatic rings. The van der Waals surface area contributed by atoms with E-state index < -0.39 is 0 Å². The lowest BCUT2D eigenvalue weighted by Crippen LogP contribution is -2.47. The highest BCUT2D eigenvalue weighted by atomic mass is 19.1. The van der Waals surface area contributed by atoms with Gasteiger partial charge in [0.05, 0.1) is 18.7 Å². The standard InChI is InChI=1S/C22H37FN4O2/c1-5-24-22(27-13-11-20(12-14-27)29-16-6-15-28-4)25-17-21(26(2)3)18-7-9-19(23)10-8-18/h7-10,20-21H,5-6,11-17H2,1-4H3,(H,24,25). The summed E-state index contributed by atoms with van der Waals surface area (Å²) in [5.41, 5.74) is 1.07. The van der Waals surface area contributed by atoms with Gasteiger partial charge in [0.15, 0.2) is 5.96 Å². The van der Waals surface area contributed by atoms with Crippen LogP contribution in [0.4, 0.5) is 4.39 Å². The van der Waals surface area contributed by atoms with E-state index in [-0.39, 0.29) is 11.9 Å². The van der Waals surface area contributed by atoms with E-state index >= 15 is 0 Å². The van der Waals surface area contributed by atoms with Crippen molar-refractivity contribution in [2.75, 3.05) is 60.6 Å². The monoisotopic (exact) mass is 408 g/mol. The van der Waals surface area contributed by atoms with Gasteiger partial charge >= 0.3 is 0 Å². The van der Waals surface area contributed by atoms with Crippen LogP contribution in [0.5, 0.6) is 0 Å². The van der Waals surface area contributed by atoms with E-state index in [9.17, 15) is 4.39 Å². The number of hydrogen-bond acceptors (Lipinski definition) is 4. The van der Waals surface area contributed by atoms with Gasteiger partial charge in [-0.25, -0.2) is 4.39 Å². The molecule has 1 aliphatic rings. The van der Waals surface area contributed by atoms with E-state index in [2.05, 4.69) is 22.0 Å². The van der Waals surface area contributed by atoms with Gasteiger partial charge in [-0.3, -0.25) is 4.99 Å². The van der Waals surface area contributed by atoms with Gasteiger partial charge < -0.3 is 24.6 Å². The fourth-order valence-corrected chi connectivity index (χ4v) is 3.54. The van der Waals surface area contributed by atoms with Crippen molar-refractivity contribution in [1.29, 1.82) is 0 Å². The molecule has 1 aromatic carbocycles. The second-order valence-corrected chi connectivity index (χ2v) is 7.63. The molecular weight excluding hydrogens is 371 g/mol. The number of piperidine rings is 1. The van der Waals surface area contributed by atoms with Crippen molar-refractivity contribution in [2.24, 2.45) is 4.99 Å². The maximum absolute atomic E-state index is 13.3. The van der Waals surface area contributed by atoms with Crippen LogP contribution in [0.1, 0.15) is 37.8 Å². The Morgan fingerprint density at radius 3 is 2.52 bits per heavy atom. The van der Waals surface area contributed by atoms with Gasteiger partial charge in [0.25, 0.3) is 0 Å². The number of rotatable bonds is 10. The number of ether oxygens (including phenoxy) is 2. The van der Waals surface area contributed by atoms with Gasteiger partial charge in [-0.2, -0.15) is 0 Å². The summed E-state index contributed by atoms with van der Waals surface area (Å²) in [6, 6.07) is 6.81. The molecule has 2 rings (SSSR count). The normalized spacial score (nSPS) is 17.0. The Bertz CT molecular complexity index is 601. The van der Waals surface area contributed by atoms with Crippen LogP contribution in [0.25, 0.3) is 0 Å². The summed E-state index contributed by atoms with van der Waals surface area (Å²) in [6.45, 7) is 6.91. The van der Waals surface area contributed by atoms with E-state index in [0.717, 1.165) is 63.6 Å². The third-order valence-electron chi connectivity index (χ3n) is 5.21.